The monoisotopic (exact) mass is 288 g/mol. The zero-order chi connectivity index (χ0) is 14.7. The predicted octanol–water partition coefficient (Wildman–Crippen LogP) is 3.47. The summed E-state index contributed by atoms with van der Waals surface area (Å²) in [5.74, 6) is 0.548. The Morgan fingerprint density at radius 1 is 1.33 bits per heavy atom. The van der Waals surface area contributed by atoms with Gasteiger partial charge < -0.3 is 14.6 Å². The highest BCUT2D eigenvalue weighted by Gasteiger charge is 2.31. The lowest BCUT2D eigenvalue weighted by Gasteiger charge is -2.23. The Morgan fingerprint density at radius 2 is 2.14 bits per heavy atom. The van der Waals surface area contributed by atoms with E-state index in [1.165, 1.54) is 12.1 Å². The van der Waals surface area contributed by atoms with Gasteiger partial charge in [0.1, 0.15) is 11.6 Å². The average Bonchev–Trinajstić information content (AvgIpc) is 3.16. The van der Waals surface area contributed by atoms with Crippen LogP contribution in [0.1, 0.15) is 30.2 Å². The lowest BCUT2D eigenvalue weighted by molar-refractivity contribution is 0.186. The fourth-order valence-corrected chi connectivity index (χ4v) is 2.67. The van der Waals surface area contributed by atoms with Crippen molar-refractivity contribution in [2.45, 2.75) is 25.4 Å². The maximum Gasteiger partial charge on any atom is 0.318 e. The van der Waals surface area contributed by atoms with Gasteiger partial charge in [0.25, 0.3) is 0 Å². The molecule has 2 amide bonds. The normalized spacial score (nSPS) is 18.0. The highest BCUT2D eigenvalue weighted by atomic mass is 19.1. The van der Waals surface area contributed by atoms with Crippen LogP contribution in [0.3, 0.4) is 0 Å². The molecule has 1 fully saturated rings. The van der Waals surface area contributed by atoms with E-state index < -0.39 is 0 Å². The second-order valence-corrected chi connectivity index (χ2v) is 5.15. The van der Waals surface area contributed by atoms with E-state index in [-0.39, 0.29) is 17.9 Å². The summed E-state index contributed by atoms with van der Waals surface area (Å²) in [7, 11) is 0. The molecule has 2 aromatic rings. The number of hydrogen-bond acceptors (Lipinski definition) is 2. The topological polar surface area (TPSA) is 45.5 Å². The van der Waals surface area contributed by atoms with Gasteiger partial charge in [-0.05, 0) is 42.7 Å². The fraction of sp³-hybridized carbons (Fsp3) is 0.312. The van der Waals surface area contributed by atoms with E-state index in [0.29, 0.717) is 6.54 Å². The maximum absolute atomic E-state index is 12.8. The Morgan fingerprint density at radius 3 is 2.86 bits per heavy atom. The first kappa shape index (κ1) is 13.7. The van der Waals surface area contributed by atoms with Crippen molar-refractivity contribution < 1.29 is 13.6 Å². The molecule has 1 aliphatic heterocycles. The highest BCUT2D eigenvalue weighted by molar-refractivity contribution is 5.75. The van der Waals surface area contributed by atoms with Crippen LogP contribution >= 0.6 is 0 Å². The van der Waals surface area contributed by atoms with Gasteiger partial charge in [-0.1, -0.05) is 12.1 Å². The van der Waals surface area contributed by atoms with Crippen molar-refractivity contribution >= 4 is 6.03 Å². The van der Waals surface area contributed by atoms with E-state index in [9.17, 15) is 9.18 Å². The highest BCUT2D eigenvalue weighted by Crippen LogP contribution is 2.31. The average molecular weight is 288 g/mol. The molecule has 1 aliphatic rings. The molecule has 0 spiro atoms. The largest absolute Gasteiger partial charge is 0.467 e. The van der Waals surface area contributed by atoms with Gasteiger partial charge in [-0.2, -0.15) is 0 Å². The minimum absolute atomic E-state index is 0.00761. The van der Waals surface area contributed by atoms with Gasteiger partial charge in [-0.15, -0.1) is 0 Å². The van der Waals surface area contributed by atoms with Crippen LogP contribution in [0.2, 0.25) is 0 Å². The quantitative estimate of drug-likeness (QED) is 0.940. The van der Waals surface area contributed by atoms with Gasteiger partial charge >= 0.3 is 6.03 Å². The number of nitrogens with zero attached hydrogens (tertiary/aromatic N) is 1. The van der Waals surface area contributed by atoms with Crippen molar-refractivity contribution in [3.8, 4) is 0 Å². The molecule has 4 nitrogen and oxygen atoms in total. The van der Waals surface area contributed by atoms with Crippen LogP contribution in [-0.2, 0) is 6.54 Å². The molecule has 110 valence electrons. The summed E-state index contributed by atoms with van der Waals surface area (Å²) < 4.78 is 18.2. The van der Waals surface area contributed by atoms with Gasteiger partial charge in [0.15, 0.2) is 0 Å². The molecule has 1 N–H and O–H groups in total. The smallest absolute Gasteiger partial charge is 0.318 e. The molecule has 1 aromatic heterocycles. The number of halogens is 1. The Kier molecular flexibility index (Phi) is 3.90. The Balaban J connectivity index is 1.61. The summed E-state index contributed by atoms with van der Waals surface area (Å²) in [6, 6.07) is 9.75. The third kappa shape index (κ3) is 3.07. The fourth-order valence-electron chi connectivity index (χ4n) is 2.67. The van der Waals surface area contributed by atoms with Crippen molar-refractivity contribution in [2.75, 3.05) is 6.54 Å². The summed E-state index contributed by atoms with van der Waals surface area (Å²) in [6.07, 6.45) is 3.51. The van der Waals surface area contributed by atoms with Crippen LogP contribution in [0.4, 0.5) is 9.18 Å². The number of rotatable bonds is 3. The van der Waals surface area contributed by atoms with E-state index in [4.69, 9.17) is 4.42 Å². The predicted molar refractivity (Wildman–Crippen MR) is 76.0 cm³/mol. The van der Waals surface area contributed by atoms with E-state index in [2.05, 4.69) is 5.32 Å². The van der Waals surface area contributed by atoms with Gasteiger partial charge in [0.05, 0.1) is 12.3 Å². The van der Waals surface area contributed by atoms with Gasteiger partial charge in [-0.3, -0.25) is 0 Å². The first-order chi connectivity index (χ1) is 10.2. The van der Waals surface area contributed by atoms with Crippen LogP contribution < -0.4 is 5.32 Å². The van der Waals surface area contributed by atoms with Gasteiger partial charge in [-0.25, -0.2) is 9.18 Å². The van der Waals surface area contributed by atoms with Crippen molar-refractivity contribution in [3.05, 3.63) is 59.8 Å². The Bertz CT molecular complexity index is 595. The molecule has 1 atom stereocenters. The van der Waals surface area contributed by atoms with Crippen LogP contribution in [0.25, 0.3) is 0 Å². The molecule has 1 aromatic carbocycles. The zero-order valence-corrected chi connectivity index (χ0v) is 11.6. The summed E-state index contributed by atoms with van der Waals surface area (Å²) in [5, 5.41) is 2.88. The summed E-state index contributed by atoms with van der Waals surface area (Å²) in [6.45, 7) is 1.11. The van der Waals surface area contributed by atoms with Crippen molar-refractivity contribution in [1.29, 1.82) is 0 Å². The SMILES string of the molecule is O=C(NCc1ccc(F)cc1)N1CCC[C@@H]1c1ccco1. The third-order valence-electron chi connectivity index (χ3n) is 3.74. The number of carbonyl (C=O) groups is 1. The van der Waals surface area contributed by atoms with Crippen LogP contribution in [0.5, 0.6) is 0 Å². The number of furan rings is 1. The molecule has 0 aliphatic carbocycles. The molecule has 0 saturated carbocycles. The molecule has 0 unspecified atom stereocenters. The van der Waals surface area contributed by atoms with Gasteiger partial charge in [0, 0.05) is 13.1 Å². The molecule has 2 heterocycles. The number of urea groups is 1. The number of benzene rings is 1. The molecule has 1 saturated heterocycles. The number of amides is 2. The molecule has 5 heteroatoms. The minimum Gasteiger partial charge on any atom is -0.467 e. The number of carbonyl (C=O) groups excluding carboxylic acids is 1. The number of nitrogens with one attached hydrogen (secondary N) is 1. The molecule has 0 bridgehead atoms. The molecule has 3 rings (SSSR count). The second-order valence-electron chi connectivity index (χ2n) is 5.15. The van der Waals surface area contributed by atoms with E-state index in [0.717, 1.165) is 30.7 Å². The minimum atomic E-state index is -0.275. The molecular weight excluding hydrogens is 271 g/mol. The second kappa shape index (κ2) is 5.99. The van der Waals surface area contributed by atoms with Crippen LogP contribution in [0, 0.1) is 5.82 Å². The third-order valence-corrected chi connectivity index (χ3v) is 3.74. The Labute approximate surface area is 122 Å². The lowest BCUT2D eigenvalue weighted by Crippen LogP contribution is -2.39. The lowest BCUT2D eigenvalue weighted by atomic mass is 10.2. The number of likely N-dealkylation sites (tertiary alicyclic amines) is 1. The van der Waals surface area contributed by atoms with Crippen molar-refractivity contribution in [2.24, 2.45) is 0 Å². The maximum atomic E-state index is 12.8. The van der Waals surface area contributed by atoms with Crippen LogP contribution in [0.15, 0.2) is 47.1 Å². The van der Waals surface area contributed by atoms with Crippen molar-refractivity contribution in [3.63, 3.8) is 0 Å². The Hall–Kier alpha value is -2.30. The standard InChI is InChI=1S/C16H17FN2O2/c17-13-7-5-12(6-8-13)11-18-16(20)19-9-1-3-14(19)15-4-2-10-21-15/h2,4-8,10,14H,1,3,9,11H2,(H,18,20)/t14-/m1/s1. The van der Waals surface area contributed by atoms with Gasteiger partial charge in [0.2, 0.25) is 0 Å². The summed E-state index contributed by atoms with van der Waals surface area (Å²) >= 11 is 0. The summed E-state index contributed by atoms with van der Waals surface area (Å²) in [4.78, 5) is 14.1. The van der Waals surface area contributed by atoms with Crippen molar-refractivity contribution in [1.82, 2.24) is 10.2 Å². The summed E-state index contributed by atoms with van der Waals surface area (Å²) in [5.41, 5.74) is 0.874. The van der Waals surface area contributed by atoms with E-state index >= 15 is 0 Å². The number of hydrogen-bond donors (Lipinski definition) is 1. The molecule has 0 radical (unpaired) electrons. The van der Waals surface area contributed by atoms with E-state index in [1.807, 2.05) is 12.1 Å². The zero-order valence-electron chi connectivity index (χ0n) is 11.6. The van der Waals surface area contributed by atoms with E-state index in [1.54, 1.807) is 23.3 Å². The molecule has 21 heavy (non-hydrogen) atoms. The first-order valence-corrected chi connectivity index (χ1v) is 7.06. The van der Waals surface area contributed by atoms with Crippen LogP contribution in [-0.4, -0.2) is 17.5 Å². The molecular formula is C16H17FN2O2. The first-order valence-electron chi connectivity index (χ1n) is 7.06.